The third-order valence-electron chi connectivity index (χ3n) is 1.56. The van der Waals surface area contributed by atoms with Gasteiger partial charge in [-0.2, -0.15) is 0 Å². The summed E-state index contributed by atoms with van der Waals surface area (Å²) in [5, 5.41) is 17.2. The van der Waals surface area contributed by atoms with Crippen LogP contribution in [0.3, 0.4) is 0 Å². The highest BCUT2D eigenvalue weighted by Crippen LogP contribution is 2.12. The van der Waals surface area contributed by atoms with E-state index in [1.54, 1.807) is 0 Å². The molecule has 6 heteroatoms. The van der Waals surface area contributed by atoms with Gasteiger partial charge in [0, 0.05) is 6.20 Å². The number of carbonyl (C=O) groups is 2. The van der Waals surface area contributed by atoms with Crippen molar-refractivity contribution in [2.45, 2.75) is 6.42 Å². The second-order valence-corrected chi connectivity index (χ2v) is 3.12. The predicted molar refractivity (Wildman–Crippen MR) is 55.3 cm³/mol. The number of pyridine rings is 1. The summed E-state index contributed by atoms with van der Waals surface area (Å²) in [6.45, 7) is 0. The van der Waals surface area contributed by atoms with Crippen LogP contribution in [0, 0.1) is 11.8 Å². The van der Waals surface area contributed by atoms with E-state index in [2.05, 4.69) is 16.8 Å². The van der Waals surface area contributed by atoms with Gasteiger partial charge in [-0.15, -0.1) is 0 Å². The molecule has 0 aliphatic rings. The number of nitrogens with zero attached hydrogens (tertiary/aromatic N) is 1. The quantitative estimate of drug-likeness (QED) is 0.599. The molecule has 0 atom stereocenters. The van der Waals surface area contributed by atoms with Gasteiger partial charge in [0.15, 0.2) is 0 Å². The van der Waals surface area contributed by atoms with Crippen LogP contribution in [-0.2, 0) is 4.79 Å². The van der Waals surface area contributed by atoms with Crippen molar-refractivity contribution in [3.05, 3.63) is 28.5 Å². The summed E-state index contributed by atoms with van der Waals surface area (Å²) in [4.78, 5) is 24.7. The van der Waals surface area contributed by atoms with Crippen LogP contribution in [0.1, 0.15) is 22.3 Å². The van der Waals surface area contributed by atoms with Crippen molar-refractivity contribution in [1.82, 2.24) is 4.98 Å². The fraction of sp³-hybridized carbons (Fsp3) is 0.100. The topological polar surface area (TPSA) is 87.5 Å². The van der Waals surface area contributed by atoms with Crippen LogP contribution < -0.4 is 0 Å². The summed E-state index contributed by atoms with van der Waals surface area (Å²) < 4.78 is 0. The molecule has 0 aromatic carbocycles. The fourth-order valence-electron chi connectivity index (χ4n) is 0.921. The second-order valence-electron chi connectivity index (χ2n) is 2.73. The Kier molecular flexibility index (Phi) is 3.86. The third kappa shape index (κ3) is 3.26. The van der Waals surface area contributed by atoms with E-state index in [1.165, 1.54) is 6.20 Å². The maximum Gasteiger partial charge on any atom is 0.337 e. The molecule has 2 N–H and O–H groups in total. The van der Waals surface area contributed by atoms with E-state index >= 15 is 0 Å². The van der Waals surface area contributed by atoms with Crippen LogP contribution in [0.15, 0.2) is 12.3 Å². The molecule has 1 aromatic heterocycles. The van der Waals surface area contributed by atoms with Crippen molar-refractivity contribution in [2.75, 3.05) is 0 Å². The molecule has 0 unspecified atom stereocenters. The third-order valence-corrected chi connectivity index (χ3v) is 1.77. The molecule has 0 amide bonds. The Morgan fingerprint density at radius 2 is 2.12 bits per heavy atom. The minimum atomic E-state index is -1.19. The van der Waals surface area contributed by atoms with Crippen molar-refractivity contribution in [1.29, 1.82) is 0 Å². The summed E-state index contributed by atoms with van der Waals surface area (Å²) in [5.74, 6) is 2.47. The van der Waals surface area contributed by atoms with Gasteiger partial charge in [0.1, 0.15) is 11.6 Å². The molecule has 0 aliphatic heterocycles. The highest BCUT2D eigenvalue weighted by Gasteiger charge is 2.09. The first-order valence-corrected chi connectivity index (χ1v) is 4.48. The van der Waals surface area contributed by atoms with Crippen molar-refractivity contribution < 1.29 is 19.8 Å². The molecule has 0 radical (unpaired) electrons. The fourth-order valence-corrected chi connectivity index (χ4v) is 1.08. The maximum absolute atomic E-state index is 10.8. The zero-order valence-corrected chi connectivity index (χ0v) is 8.65. The first kappa shape index (κ1) is 12.0. The number of hydrogen-bond acceptors (Lipinski definition) is 3. The van der Waals surface area contributed by atoms with Gasteiger partial charge in [0.05, 0.1) is 11.1 Å². The number of rotatable bonds is 2. The lowest BCUT2D eigenvalue weighted by atomic mass is 10.1. The van der Waals surface area contributed by atoms with Gasteiger partial charge < -0.3 is 10.2 Å². The number of aliphatic carboxylic acids is 1. The Bertz CT molecular complexity index is 501. The van der Waals surface area contributed by atoms with Gasteiger partial charge in [0.25, 0.3) is 0 Å². The minimum Gasteiger partial charge on any atom is -0.481 e. The van der Waals surface area contributed by atoms with Crippen LogP contribution in [-0.4, -0.2) is 27.1 Å². The summed E-state index contributed by atoms with van der Waals surface area (Å²) in [7, 11) is 0. The molecule has 5 nitrogen and oxygen atoms in total. The van der Waals surface area contributed by atoms with Crippen LogP contribution in [0.5, 0.6) is 0 Å². The van der Waals surface area contributed by atoms with Crippen molar-refractivity contribution in [2.24, 2.45) is 0 Å². The van der Waals surface area contributed by atoms with E-state index in [1.807, 2.05) is 0 Å². The number of halogens is 1. The molecular formula is C10H6ClNO4. The van der Waals surface area contributed by atoms with Crippen molar-refractivity contribution in [3.63, 3.8) is 0 Å². The summed E-state index contributed by atoms with van der Waals surface area (Å²) in [6.07, 6.45) is 0.836. The lowest BCUT2D eigenvalue weighted by molar-refractivity contribution is -0.135. The molecule has 0 fully saturated rings. The molecule has 82 valence electrons. The Balaban J connectivity index is 3.07. The van der Waals surface area contributed by atoms with Gasteiger partial charge in [-0.3, -0.25) is 4.79 Å². The molecule has 0 saturated heterocycles. The molecule has 1 rings (SSSR count). The Hall–Kier alpha value is -2.06. The van der Waals surface area contributed by atoms with E-state index in [9.17, 15) is 9.59 Å². The van der Waals surface area contributed by atoms with Gasteiger partial charge in [-0.05, 0) is 6.07 Å². The lowest BCUT2D eigenvalue weighted by Crippen LogP contribution is -2.01. The maximum atomic E-state index is 10.8. The van der Waals surface area contributed by atoms with E-state index < -0.39 is 11.9 Å². The number of carboxylic acids is 2. The van der Waals surface area contributed by atoms with Crippen LogP contribution in [0.2, 0.25) is 5.15 Å². The van der Waals surface area contributed by atoms with E-state index in [0.29, 0.717) is 0 Å². The highest BCUT2D eigenvalue weighted by atomic mass is 35.5. The zero-order valence-electron chi connectivity index (χ0n) is 7.90. The zero-order chi connectivity index (χ0) is 12.1. The summed E-state index contributed by atoms with van der Waals surface area (Å²) in [6, 6.07) is 1.16. The normalized spacial score (nSPS) is 9.06. The number of hydrogen-bond donors (Lipinski definition) is 2. The van der Waals surface area contributed by atoms with Crippen LogP contribution >= 0.6 is 11.6 Å². The summed E-state index contributed by atoms with van der Waals surface area (Å²) >= 11 is 5.53. The number of aromatic carboxylic acids is 1. The Morgan fingerprint density at radius 3 is 2.69 bits per heavy atom. The first-order chi connectivity index (χ1) is 7.50. The number of carboxylic acid groups (broad SMARTS) is 2. The Labute approximate surface area is 95.7 Å². The average Bonchev–Trinajstić information content (AvgIpc) is 2.19. The molecule has 1 aromatic rings. The molecule has 1 heterocycles. The SMILES string of the molecule is O=C(O)CC#Cc1cnc(Cl)cc1C(=O)O. The van der Waals surface area contributed by atoms with E-state index in [-0.39, 0.29) is 22.7 Å². The minimum absolute atomic E-state index is 0.0428. The molecular weight excluding hydrogens is 234 g/mol. The van der Waals surface area contributed by atoms with Crippen LogP contribution in [0.4, 0.5) is 0 Å². The summed E-state index contributed by atoms with van der Waals surface area (Å²) in [5.41, 5.74) is 0.0380. The van der Waals surface area contributed by atoms with Gasteiger partial charge in [0.2, 0.25) is 0 Å². The van der Waals surface area contributed by atoms with Gasteiger partial charge in [-0.1, -0.05) is 23.4 Å². The average molecular weight is 240 g/mol. The molecule has 0 aliphatic carbocycles. The second kappa shape index (κ2) is 5.14. The first-order valence-electron chi connectivity index (χ1n) is 4.10. The highest BCUT2D eigenvalue weighted by molar-refractivity contribution is 6.29. The van der Waals surface area contributed by atoms with E-state index in [4.69, 9.17) is 21.8 Å². The standard InChI is InChI=1S/C10H6ClNO4/c11-8-4-7(10(15)16)6(5-12-8)2-1-3-9(13)14/h4-5H,3H2,(H,13,14)(H,15,16). The Morgan fingerprint density at radius 1 is 1.44 bits per heavy atom. The lowest BCUT2D eigenvalue weighted by Gasteiger charge is -1.98. The van der Waals surface area contributed by atoms with Crippen LogP contribution in [0.25, 0.3) is 0 Å². The van der Waals surface area contributed by atoms with Crippen molar-refractivity contribution in [3.8, 4) is 11.8 Å². The van der Waals surface area contributed by atoms with Gasteiger partial charge in [-0.25, -0.2) is 9.78 Å². The smallest absolute Gasteiger partial charge is 0.337 e. The predicted octanol–water partition coefficient (Wildman–Crippen LogP) is 1.26. The van der Waals surface area contributed by atoms with E-state index in [0.717, 1.165) is 6.07 Å². The number of aromatic nitrogens is 1. The molecule has 0 bridgehead atoms. The molecule has 0 saturated carbocycles. The van der Waals surface area contributed by atoms with Crippen molar-refractivity contribution >= 4 is 23.5 Å². The molecule has 16 heavy (non-hydrogen) atoms. The monoisotopic (exact) mass is 239 g/mol. The van der Waals surface area contributed by atoms with Gasteiger partial charge >= 0.3 is 11.9 Å². The largest absolute Gasteiger partial charge is 0.481 e. The molecule has 0 spiro atoms.